The number of hydrogen-bond acceptors (Lipinski definition) is 3. The van der Waals surface area contributed by atoms with Gasteiger partial charge >= 0.3 is 0 Å². The van der Waals surface area contributed by atoms with Gasteiger partial charge in [-0.05, 0) is 24.3 Å². The summed E-state index contributed by atoms with van der Waals surface area (Å²) < 4.78 is 0. The number of hydrogen-bond donors (Lipinski definition) is 0. The van der Waals surface area contributed by atoms with E-state index in [0.29, 0.717) is 16.9 Å². The van der Waals surface area contributed by atoms with Crippen LogP contribution >= 0.6 is 11.8 Å². The SMILES string of the molecule is CC(C)C(=O)CSc1ccc(C(=O)c2ccccc2)cc1. The summed E-state index contributed by atoms with van der Waals surface area (Å²) in [7, 11) is 0. The zero-order valence-electron chi connectivity index (χ0n) is 12.2. The van der Waals surface area contributed by atoms with Gasteiger partial charge in [0.25, 0.3) is 0 Å². The standard InChI is InChI=1S/C18H18O2S/c1-13(2)17(19)12-21-16-10-8-15(9-11-16)18(20)14-6-4-3-5-7-14/h3-11,13H,12H2,1-2H3. The number of benzene rings is 2. The van der Waals surface area contributed by atoms with Crippen LogP contribution in [-0.2, 0) is 4.79 Å². The van der Waals surface area contributed by atoms with Crippen molar-refractivity contribution in [2.75, 3.05) is 5.75 Å². The maximum absolute atomic E-state index is 12.3. The van der Waals surface area contributed by atoms with Gasteiger partial charge in [0.05, 0.1) is 5.75 Å². The number of thioether (sulfide) groups is 1. The topological polar surface area (TPSA) is 34.1 Å². The van der Waals surface area contributed by atoms with Crippen LogP contribution in [-0.4, -0.2) is 17.3 Å². The van der Waals surface area contributed by atoms with E-state index in [1.165, 1.54) is 11.8 Å². The molecular weight excluding hydrogens is 280 g/mol. The van der Waals surface area contributed by atoms with Gasteiger partial charge in [-0.3, -0.25) is 9.59 Å². The van der Waals surface area contributed by atoms with Crippen LogP contribution in [0.1, 0.15) is 29.8 Å². The van der Waals surface area contributed by atoms with Crippen molar-refractivity contribution in [1.82, 2.24) is 0 Å². The Balaban J connectivity index is 2.02. The Hall–Kier alpha value is -1.87. The Morgan fingerprint density at radius 3 is 2.05 bits per heavy atom. The molecule has 0 unspecified atom stereocenters. The second kappa shape index (κ2) is 7.23. The van der Waals surface area contributed by atoms with E-state index in [-0.39, 0.29) is 17.5 Å². The van der Waals surface area contributed by atoms with Gasteiger partial charge in [0.15, 0.2) is 5.78 Å². The zero-order chi connectivity index (χ0) is 15.2. The fraction of sp³-hybridized carbons (Fsp3) is 0.222. The van der Waals surface area contributed by atoms with Crippen molar-refractivity contribution in [1.29, 1.82) is 0 Å². The lowest BCUT2D eigenvalue weighted by Crippen LogP contribution is -2.09. The maximum atomic E-state index is 12.3. The summed E-state index contributed by atoms with van der Waals surface area (Å²) in [6, 6.07) is 16.7. The minimum absolute atomic E-state index is 0.0189. The van der Waals surface area contributed by atoms with Gasteiger partial charge in [-0.25, -0.2) is 0 Å². The van der Waals surface area contributed by atoms with Gasteiger partial charge in [0.2, 0.25) is 0 Å². The first-order chi connectivity index (χ1) is 10.1. The minimum atomic E-state index is 0.0189. The van der Waals surface area contributed by atoms with Crippen molar-refractivity contribution >= 4 is 23.3 Å². The first-order valence-corrected chi connectivity index (χ1v) is 7.92. The number of carbonyl (C=O) groups excluding carboxylic acids is 2. The largest absolute Gasteiger partial charge is 0.298 e. The van der Waals surface area contributed by atoms with Crippen molar-refractivity contribution in [2.45, 2.75) is 18.7 Å². The number of rotatable bonds is 6. The van der Waals surface area contributed by atoms with Crippen LogP contribution in [0, 0.1) is 5.92 Å². The Labute approximate surface area is 129 Å². The third kappa shape index (κ3) is 4.30. The van der Waals surface area contributed by atoms with Crippen LogP contribution in [0.4, 0.5) is 0 Å². The predicted molar refractivity (Wildman–Crippen MR) is 86.9 cm³/mol. The number of carbonyl (C=O) groups is 2. The lowest BCUT2D eigenvalue weighted by Gasteiger charge is -2.05. The quantitative estimate of drug-likeness (QED) is 0.591. The highest BCUT2D eigenvalue weighted by atomic mass is 32.2. The van der Waals surface area contributed by atoms with Gasteiger partial charge in [-0.2, -0.15) is 0 Å². The number of Topliss-reactive ketones (excluding diaryl/α,β-unsaturated/α-hetero) is 1. The molecule has 0 atom stereocenters. The molecule has 0 saturated carbocycles. The van der Waals surface area contributed by atoms with E-state index in [4.69, 9.17) is 0 Å². The van der Waals surface area contributed by atoms with Gasteiger partial charge in [0.1, 0.15) is 5.78 Å². The number of ketones is 2. The van der Waals surface area contributed by atoms with Crippen LogP contribution < -0.4 is 0 Å². The van der Waals surface area contributed by atoms with Crippen molar-refractivity contribution in [3.8, 4) is 0 Å². The van der Waals surface area contributed by atoms with Crippen molar-refractivity contribution in [3.63, 3.8) is 0 Å². The summed E-state index contributed by atoms with van der Waals surface area (Å²) in [5.74, 6) is 0.801. The van der Waals surface area contributed by atoms with E-state index in [1.54, 1.807) is 0 Å². The Morgan fingerprint density at radius 2 is 1.48 bits per heavy atom. The van der Waals surface area contributed by atoms with Gasteiger partial charge in [-0.1, -0.05) is 44.2 Å². The van der Waals surface area contributed by atoms with Crippen molar-refractivity contribution in [3.05, 3.63) is 65.7 Å². The summed E-state index contributed by atoms with van der Waals surface area (Å²) in [6.45, 7) is 3.81. The first-order valence-electron chi connectivity index (χ1n) is 6.93. The minimum Gasteiger partial charge on any atom is -0.298 e. The summed E-state index contributed by atoms with van der Waals surface area (Å²) in [5.41, 5.74) is 1.36. The van der Waals surface area contributed by atoms with Gasteiger partial charge in [-0.15, -0.1) is 11.8 Å². The van der Waals surface area contributed by atoms with Crippen molar-refractivity contribution < 1.29 is 9.59 Å². The second-order valence-corrected chi connectivity index (χ2v) is 6.18. The molecule has 0 N–H and O–H groups in total. The summed E-state index contributed by atoms with van der Waals surface area (Å²) in [4.78, 5) is 24.9. The van der Waals surface area contributed by atoms with E-state index >= 15 is 0 Å². The Morgan fingerprint density at radius 1 is 0.905 bits per heavy atom. The molecule has 0 spiro atoms. The van der Waals surface area contributed by atoms with Crippen LogP contribution in [0.3, 0.4) is 0 Å². The Kier molecular flexibility index (Phi) is 5.34. The molecule has 108 valence electrons. The lowest BCUT2D eigenvalue weighted by atomic mass is 10.0. The molecule has 2 aromatic carbocycles. The molecule has 0 amide bonds. The molecule has 0 aromatic heterocycles. The van der Waals surface area contributed by atoms with Gasteiger partial charge in [0, 0.05) is 21.9 Å². The molecule has 0 heterocycles. The molecule has 21 heavy (non-hydrogen) atoms. The molecular formula is C18H18O2S. The molecule has 2 nitrogen and oxygen atoms in total. The molecule has 0 radical (unpaired) electrons. The van der Waals surface area contributed by atoms with Crippen LogP contribution in [0.15, 0.2) is 59.5 Å². The summed E-state index contributed by atoms with van der Waals surface area (Å²) in [6.07, 6.45) is 0. The van der Waals surface area contributed by atoms with E-state index in [0.717, 1.165) is 4.90 Å². The highest BCUT2D eigenvalue weighted by Gasteiger charge is 2.10. The molecule has 0 aliphatic heterocycles. The average Bonchev–Trinajstić information content (AvgIpc) is 2.53. The third-order valence-corrected chi connectivity index (χ3v) is 4.21. The van der Waals surface area contributed by atoms with Gasteiger partial charge < -0.3 is 0 Å². The Bertz CT molecular complexity index is 615. The lowest BCUT2D eigenvalue weighted by molar-refractivity contribution is -0.119. The third-order valence-electron chi connectivity index (χ3n) is 3.18. The molecule has 0 bridgehead atoms. The summed E-state index contributed by atoms with van der Waals surface area (Å²) >= 11 is 1.51. The average molecular weight is 298 g/mol. The van der Waals surface area contributed by atoms with Crippen molar-refractivity contribution in [2.24, 2.45) is 5.92 Å². The van der Waals surface area contributed by atoms with Crippen LogP contribution in [0.2, 0.25) is 0 Å². The van der Waals surface area contributed by atoms with E-state index in [9.17, 15) is 9.59 Å². The molecule has 2 aromatic rings. The fourth-order valence-corrected chi connectivity index (χ4v) is 2.75. The molecule has 0 aliphatic carbocycles. The first kappa shape index (κ1) is 15.5. The normalized spacial score (nSPS) is 10.6. The highest BCUT2D eigenvalue weighted by Crippen LogP contribution is 2.20. The fourth-order valence-electron chi connectivity index (χ4n) is 1.78. The monoisotopic (exact) mass is 298 g/mol. The van der Waals surface area contributed by atoms with E-state index in [2.05, 4.69) is 0 Å². The predicted octanol–water partition coefficient (Wildman–Crippen LogP) is 4.23. The molecule has 0 fully saturated rings. The highest BCUT2D eigenvalue weighted by molar-refractivity contribution is 8.00. The second-order valence-electron chi connectivity index (χ2n) is 5.13. The van der Waals surface area contributed by atoms with E-state index < -0.39 is 0 Å². The van der Waals surface area contributed by atoms with Crippen LogP contribution in [0.5, 0.6) is 0 Å². The molecule has 0 aliphatic rings. The summed E-state index contributed by atoms with van der Waals surface area (Å²) in [5, 5.41) is 0. The maximum Gasteiger partial charge on any atom is 0.193 e. The van der Waals surface area contributed by atoms with Crippen LogP contribution in [0.25, 0.3) is 0 Å². The zero-order valence-corrected chi connectivity index (χ0v) is 13.0. The van der Waals surface area contributed by atoms with E-state index in [1.807, 2.05) is 68.4 Å². The molecule has 0 saturated heterocycles. The molecule has 2 rings (SSSR count). The molecule has 3 heteroatoms. The smallest absolute Gasteiger partial charge is 0.193 e.